The number of pyridine rings is 1. The number of carbonyl (C=O) groups is 2. The number of rotatable bonds is 4. The minimum Gasteiger partial charge on any atom is -0.491 e. The highest BCUT2D eigenvalue weighted by atomic mass is 16.5. The van der Waals surface area contributed by atoms with E-state index in [1.807, 2.05) is 56.0 Å². The van der Waals surface area contributed by atoms with Gasteiger partial charge in [0.25, 0.3) is 5.91 Å². The van der Waals surface area contributed by atoms with Gasteiger partial charge < -0.3 is 14.4 Å². The van der Waals surface area contributed by atoms with E-state index in [4.69, 9.17) is 9.47 Å². The van der Waals surface area contributed by atoms with Crippen LogP contribution < -0.4 is 4.74 Å². The highest BCUT2D eigenvalue weighted by molar-refractivity contribution is 5.98. The summed E-state index contributed by atoms with van der Waals surface area (Å²) in [6, 6.07) is 9.25. The molecule has 1 fully saturated rings. The van der Waals surface area contributed by atoms with Gasteiger partial charge in [0.1, 0.15) is 17.1 Å². The van der Waals surface area contributed by atoms with Crippen LogP contribution in [0.25, 0.3) is 5.76 Å². The summed E-state index contributed by atoms with van der Waals surface area (Å²) in [5.41, 5.74) is 1.90. The van der Waals surface area contributed by atoms with Crippen LogP contribution in [-0.2, 0) is 9.53 Å². The van der Waals surface area contributed by atoms with E-state index in [-0.39, 0.29) is 17.8 Å². The number of nitrogens with zero attached hydrogens (tertiary/aromatic N) is 2. The number of hydrogen-bond donors (Lipinski definition) is 0. The van der Waals surface area contributed by atoms with Gasteiger partial charge in [-0.25, -0.2) is 0 Å². The molecule has 6 heteroatoms. The fourth-order valence-electron chi connectivity index (χ4n) is 4.22. The van der Waals surface area contributed by atoms with Crippen LogP contribution >= 0.6 is 0 Å². The van der Waals surface area contributed by atoms with E-state index in [0.29, 0.717) is 43.7 Å². The maximum absolute atomic E-state index is 13.1. The van der Waals surface area contributed by atoms with E-state index in [1.165, 1.54) is 0 Å². The first kappa shape index (κ1) is 21.1. The predicted molar refractivity (Wildman–Crippen MR) is 118 cm³/mol. The van der Waals surface area contributed by atoms with Crippen LogP contribution in [0.1, 0.15) is 54.6 Å². The number of allylic oxidation sites excluding steroid dienone is 1. The smallest absolute Gasteiger partial charge is 0.253 e. The van der Waals surface area contributed by atoms with Crippen LogP contribution in [0.3, 0.4) is 0 Å². The van der Waals surface area contributed by atoms with Crippen LogP contribution in [0.2, 0.25) is 0 Å². The molecule has 1 spiro atoms. The van der Waals surface area contributed by atoms with E-state index in [0.717, 1.165) is 16.9 Å². The lowest BCUT2D eigenvalue weighted by Gasteiger charge is -2.43. The summed E-state index contributed by atoms with van der Waals surface area (Å²) < 4.78 is 12.1. The Hall–Kier alpha value is -3.15. The summed E-state index contributed by atoms with van der Waals surface area (Å²) in [6.07, 6.45) is 6.63. The molecule has 31 heavy (non-hydrogen) atoms. The molecule has 1 aromatic carbocycles. The molecule has 0 radical (unpaired) electrons. The van der Waals surface area contributed by atoms with Crippen molar-refractivity contribution in [3.05, 3.63) is 65.5 Å². The minimum absolute atomic E-state index is 0.00100. The van der Waals surface area contributed by atoms with Crippen LogP contribution in [0, 0.1) is 6.92 Å². The van der Waals surface area contributed by atoms with Gasteiger partial charge >= 0.3 is 0 Å². The molecule has 0 saturated carbocycles. The first-order valence-electron chi connectivity index (χ1n) is 10.8. The monoisotopic (exact) mass is 420 g/mol. The summed E-state index contributed by atoms with van der Waals surface area (Å²) in [5, 5.41) is 0. The molecule has 1 amide bonds. The fourth-order valence-corrected chi connectivity index (χ4v) is 4.22. The molecule has 0 bridgehead atoms. The zero-order valence-electron chi connectivity index (χ0n) is 18.3. The van der Waals surface area contributed by atoms with Gasteiger partial charge in [0.05, 0.1) is 12.5 Å². The zero-order valence-corrected chi connectivity index (χ0v) is 18.3. The molecule has 162 valence electrons. The van der Waals surface area contributed by atoms with Gasteiger partial charge in [-0.1, -0.05) is 0 Å². The summed E-state index contributed by atoms with van der Waals surface area (Å²) in [4.78, 5) is 31.4. The van der Waals surface area contributed by atoms with Crippen LogP contribution in [-0.4, -0.2) is 46.4 Å². The Morgan fingerprint density at radius 2 is 1.87 bits per heavy atom. The lowest BCUT2D eigenvalue weighted by Crippen LogP contribution is -2.49. The number of carbonyl (C=O) groups excluding carboxylic acids is 2. The fraction of sp³-hybridized carbons (Fsp3) is 0.400. The average molecular weight is 421 g/mol. The first-order valence-corrected chi connectivity index (χ1v) is 10.8. The van der Waals surface area contributed by atoms with E-state index in [2.05, 4.69) is 4.98 Å². The van der Waals surface area contributed by atoms with Crippen molar-refractivity contribution in [2.45, 2.75) is 51.7 Å². The van der Waals surface area contributed by atoms with Crippen LogP contribution in [0.4, 0.5) is 0 Å². The molecule has 6 nitrogen and oxygen atoms in total. The SMILES string of the molecule is Cc1cc(C(=O)N2CCC3(CC2)CC(=O)C=C(c2ccncc2)O3)ccc1OC(C)C. The topological polar surface area (TPSA) is 68.7 Å². The highest BCUT2D eigenvalue weighted by Gasteiger charge is 2.42. The van der Waals surface area contributed by atoms with Gasteiger partial charge in [0, 0.05) is 55.5 Å². The molecule has 2 aliphatic heterocycles. The number of ketones is 1. The summed E-state index contributed by atoms with van der Waals surface area (Å²) >= 11 is 0. The van der Waals surface area contributed by atoms with Crippen molar-refractivity contribution < 1.29 is 19.1 Å². The maximum atomic E-state index is 13.1. The highest BCUT2D eigenvalue weighted by Crippen LogP contribution is 2.38. The Balaban J connectivity index is 1.44. The Kier molecular flexibility index (Phi) is 5.81. The van der Waals surface area contributed by atoms with Crippen molar-refractivity contribution in [1.82, 2.24) is 9.88 Å². The standard InChI is InChI=1S/C25H28N2O4/c1-17(2)30-22-5-4-20(14-18(22)3)24(29)27-12-8-25(9-13-27)16-21(28)15-23(31-25)19-6-10-26-11-7-19/h4-7,10-11,14-15,17H,8-9,12-13,16H2,1-3H3. The third-order valence-electron chi connectivity index (χ3n) is 5.83. The van der Waals surface area contributed by atoms with E-state index in [9.17, 15) is 9.59 Å². The number of aromatic nitrogens is 1. The number of amides is 1. The molecular weight excluding hydrogens is 392 g/mol. The van der Waals surface area contributed by atoms with Gasteiger partial charge in [0.15, 0.2) is 5.78 Å². The second-order valence-corrected chi connectivity index (χ2v) is 8.61. The third kappa shape index (κ3) is 4.63. The Morgan fingerprint density at radius 3 is 2.52 bits per heavy atom. The lowest BCUT2D eigenvalue weighted by molar-refractivity contribution is -0.123. The largest absolute Gasteiger partial charge is 0.491 e. The number of ether oxygens (including phenoxy) is 2. The third-order valence-corrected chi connectivity index (χ3v) is 5.83. The van der Waals surface area contributed by atoms with Gasteiger partial charge in [-0.3, -0.25) is 14.6 Å². The van der Waals surface area contributed by atoms with Crippen LogP contribution in [0.15, 0.2) is 48.8 Å². The second-order valence-electron chi connectivity index (χ2n) is 8.61. The molecule has 4 rings (SSSR count). The maximum Gasteiger partial charge on any atom is 0.253 e. The number of piperidine rings is 1. The Bertz CT molecular complexity index is 1010. The lowest BCUT2D eigenvalue weighted by atomic mass is 9.84. The molecular formula is C25H28N2O4. The van der Waals surface area contributed by atoms with Crippen molar-refractivity contribution >= 4 is 17.4 Å². The van der Waals surface area contributed by atoms with Crippen LogP contribution in [0.5, 0.6) is 5.75 Å². The molecule has 3 heterocycles. The number of benzene rings is 1. The molecule has 0 N–H and O–H groups in total. The number of hydrogen-bond acceptors (Lipinski definition) is 5. The predicted octanol–water partition coefficient (Wildman–Crippen LogP) is 4.18. The van der Waals surface area contributed by atoms with E-state index in [1.54, 1.807) is 18.5 Å². The average Bonchev–Trinajstić information content (AvgIpc) is 2.75. The quantitative estimate of drug-likeness (QED) is 0.742. The van der Waals surface area contributed by atoms with E-state index < -0.39 is 5.60 Å². The van der Waals surface area contributed by atoms with E-state index >= 15 is 0 Å². The summed E-state index contributed by atoms with van der Waals surface area (Å²) in [6.45, 7) is 7.02. The van der Waals surface area contributed by atoms with Crippen molar-refractivity contribution in [2.75, 3.05) is 13.1 Å². The Labute approximate surface area is 182 Å². The molecule has 2 aliphatic rings. The molecule has 0 atom stereocenters. The van der Waals surface area contributed by atoms with Gasteiger partial charge in [-0.05, 0) is 56.7 Å². The normalized spacial score (nSPS) is 18.0. The van der Waals surface area contributed by atoms with Crippen molar-refractivity contribution in [1.29, 1.82) is 0 Å². The Morgan fingerprint density at radius 1 is 1.16 bits per heavy atom. The molecule has 0 aliphatic carbocycles. The van der Waals surface area contributed by atoms with Gasteiger partial charge in [-0.15, -0.1) is 0 Å². The molecule has 0 unspecified atom stereocenters. The molecule has 1 aromatic heterocycles. The van der Waals surface area contributed by atoms with Gasteiger partial charge in [0.2, 0.25) is 0 Å². The number of aryl methyl sites for hydroxylation is 1. The molecule has 2 aromatic rings. The number of likely N-dealkylation sites (tertiary alicyclic amines) is 1. The van der Waals surface area contributed by atoms with Crippen molar-refractivity contribution in [3.8, 4) is 5.75 Å². The summed E-state index contributed by atoms with van der Waals surface area (Å²) in [5.74, 6) is 1.46. The zero-order chi connectivity index (χ0) is 22.0. The second kappa shape index (κ2) is 8.53. The minimum atomic E-state index is -0.550. The summed E-state index contributed by atoms with van der Waals surface area (Å²) in [7, 11) is 0. The molecule has 1 saturated heterocycles. The van der Waals surface area contributed by atoms with Crippen molar-refractivity contribution in [3.63, 3.8) is 0 Å². The first-order chi connectivity index (χ1) is 14.8. The van der Waals surface area contributed by atoms with Gasteiger partial charge in [-0.2, -0.15) is 0 Å². The van der Waals surface area contributed by atoms with Crippen molar-refractivity contribution in [2.24, 2.45) is 0 Å².